The van der Waals surface area contributed by atoms with Crippen LogP contribution >= 0.6 is 0 Å². The Morgan fingerprint density at radius 3 is 1.76 bits per heavy atom. The van der Waals surface area contributed by atoms with Crippen molar-refractivity contribution in [1.82, 2.24) is 0 Å². The van der Waals surface area contributed by atoms with Crippen molar-refractivity contribution in [3.63, 3.8) is 0 Å². The average Bonchev–Trinajstić information content (AvgIpc) is 2.34. The standard InChI is InChI=1S/C13H28N2O2/c14-10-8-6-4-2-1-3-5-7-9-11(16)12(15)13(10)17/h10-13,16-17H,1-9,14-15H2. The quantitative estimate of drug-likeness (QED) is 0.509. The molecule has 1 aliphatic rings. The second-order valence-electron chi connectivity index (χ2n) is 5.35. The summed E-state index contributed by atoms with van der Waals surface area (Å²) in [6.07, 6.45) is 8.14. The van der Waals surface area contributed by atoms with Gasteiger partial charge in [-0.1, -0.05) is 44.9 Å². The number of nitrogens with two attached hydrogens (primary N) is 2. The molecule has 0 aromatic heterocycles. The molecule has 4 unspecified atom stereocenters. The van der Waals surface area contributed by atoms with Gasteiger partial charge in [0.1, 0.15) is 0 Å². The fourth-order valence-electron chi connectivity index (χ4n) is 2.49. The summed E-state index contributed by atoms with van der Waals surface area (Å²) in [7, 11) is 0. The summed E-state index contributed by atoms with van der Waals surface area (Å²) in [5.74, 6) is 0. The molecular weight excluding hydrogens is 216 g/mol. The zero-order chi connectivity index (χ0) is 12.7. The Labute approximate surface area is 104 Å². The van der Waals surface area contributed by atoms with Crippen LogP contribution in [0.25, 0.3) is 0 Å². The first-order chi connectivity index (χ1) is 8.13. The highest BCUT2D eigenvalue weighted by Gasteiger charge is 2.27. The summed E-state index contributed by atoms with van der Waals surface area (Å²) in [6.45, 7) is 0. The van der Waals surface area contributed by atoms with Crippen LogP contribution < -0.4 is 11.5 Å². The summed E-state index contributed by atoms with van der Waals surface area (Å²) >= 11 is 0. The molecule has 17 heavy (non-hydrogen) atoms. The van der Waals surface area contributed by atoms with E-state index >= 15 is 0 Å². The lowest BCUT2D eigenvalue weighted by Crippen LogP contribution is -2.53. The zero-order valence-corrected chi connectivity index (χ0v) is 10.7. The van der Waals surface area contributed by atoms with E-state index in [1.54, 1.807) is 0 Å². The van der Waals surface area contributed by atoms with Crippen molar-refractivity contribution in [2.75, 3.05) is 0 Å². The Morgan fingerprint density at radius 1 is 0.706 bits per heavy atom. The van der Waals surface area contributed by atoms with Crippen LogP contribution in [0, 0.1) is 0 Å². The van der Waals surface area contributed by atoms with Gasteiger partial charge >= 0.3 is 0 Å². The van der Waals surface area contributed by atoms with Gasteiger partial charge in [0.15, 0.2) is 0 Å². The van der Waals surface area contributed by atoms with E-state index in [2.05, 4.69) is 0 Å². The third-order valence-electron chi connectivity index (χ3n) is 3.81. The molecule has 0 aliphatic heterocycles. The van der Waals surface area contributed by atoms with Crippen molar-refractivity contribution in [3.8, 4) is 0 Å². The molecule has 1 saturated carbocycles. The minimum atomic E-state index is -0.786. The summed E-state index contributed by atoms with van der Waals surface area (Å²) < 4.78 is 0. The minimum Gasteiger partial charge on any atom is -0.391 e. The van der Waals surface area contributed by atoms with Crippen LogP contribution in [0.15, 0.2) is 0 Å². The molecule has 6 N–H and O–H groups in total. The Balaban J connectivity index is 2.48. The molecule has 0 amide bonds. The van der Waals surface area contributed by atoms with Crippen molar-refractivity contribution in [2.24, 2.45) is 11.5 Å². The highest BCUT2D eigenvalue weighted by Crippen LogP contribution is 2.16. The van der Waals surface area contributed by atoms with Crippen LogP contribution in [0.3, 0.4) is 0 Å². The molecule has 0 bridgehead atoms. The molecule has 1 aliphatic carbocycles. The maximum Gasteiger partial charge on any atom is 0.0866 e. The molecule has 1 fully saturated rings. The second-order valence-corrected chi connectivity index (χ2v) is 5.35. The van der Waals surface area contributed by atoms with E-state index < -0.39 is 18.2 Å². The zero-order valence-electron chi connectivity index (χ0n) is 10.7. The summed E-state index contributed by atoms with van der Waals surface area (Å²) in [6, 6.07) is -0.911. The van der Waals surface area contributed by atoms with Gasteiger partial charge in [-0.25, -0.2) is 0 Å². The van der Waals surface area contributed by atoms with Crippen LogP contribution in [-0.4, -0.2) is 34.5 Å². The van der Waals surface area contributed by atoms with Crippen LogP contribution in [0.5, 0.6) is 0 Å². The first kappa shape index (κ1) is 14.9. The molecule has 0 heterocycles. The number of aliphatic hydroxyl groups excluding tert-OH is 2. The number of hydrogen-bond donors (Lipinski definition) is 4. The van der Waals surface area contributed by atoms with Gasteiger partial charge in [-0.15, -0.1) is 0 Å². The van der Waals surface area contributed by atoms with E-state index in [4.69, 9.17) is 11.5 Å². The monoisotopic (exact) mass is 244 g/mol. The van der Waals surface area contributed by atoms with Crippen LogP contribution in [-0.2, 0) is 0 Å². The minimum absolute atomic E-state index is 0.305. The van der Waals surface area contributed by atoms with Crippen LogP contribution in [0.1, 0.15) is 57.8 Å². The van der Waals surface area contributed by atoms with Gasteiger partial charge in [0.05, 0.1) is 18.2 Å². The Morgan fingerprint density at radius 2 is 1.18 bits per heavy atom. The fourth-order valence-corrected chi connectivity index (χ4v) is 2.49. The molecule has 0 saturated heterocycles. The lowest BCUT2D eigenvalue weighted by molar-refractivity contribution is 0.0345. The lowest BCUT2D eigenvalue weighted by Gasteiger charge is -2.28. The Kier molecular flexibility index (Phi) is 7.04. The molecule has 0 radical (unpaired) electrons. The number of hydrogen-bond acceptors (Lipinski definition) is 4. The Hall–Kier alpha value is -0.160. The summed E-state index contributed by atoms with van der Waals surface area (Å²) in [5, 5.41) is 19.8. The molecule has 4 atom stereocenters. The predicted molar refractivity (Wildman–Crippen MR) is 69.5 cm³/mol. The maximum atomic E-state index is 9.96. The van der Waals surface area contributed by atoms with Gasteiger partial charge in [0.2, 0.25) is 0 Å². The van der Waals surface area contributed by atoms with Gasteiger partial charge in [0, 0.05) is 6.04 Å². The predicted octanol–water partition coefficient (Wildman–Crippen LogP) is 0.887. The maximum absolute atomic E-state index is 9.96. The van der Waals surface area contributed by atoms with E-state index in [1.807, 2.05) is 0 Å². The molecule has 1 rings (SSSR count). The molecular formula is C13H28N2O2. The SMILES string of the molecule is NC1CCCCCCCCCC(O)C(N)C1O. The first-order valence-electron chi connectivity index (χ1n) is 7.00. The first-order valence-corrected chi connectivity index (χ1v) is 7.00. The molecule has 0 aromatic carbocycles. The number of rotatable bonds is 0. The summed E-state index contributed by atoms with van der Waals surface area (Å²) in [4.78, 5) is 0. The average molecular weight is 244 g/mol. The van der Waals surface area contributed by atoms with Crippen molar-refractivity contribution < 1.29 is 10.2 Å². The van der Waals surface area contributed by atoms with E-state index in [1.165, 1.54) is 25.7 Å². The smallest absolute Gasteiger partial charge is 0.0866 e. The third kappa shape index (κ3) is 5.34. The molecule has 4 nitrogen and oxygen atoms in total. The van der Waals surface area contributed by atoms with E-state index in [-0.39, 0.29) is 6.04 Å². The fraction of sp³-hybridized carbons (Fsp3) is 1.00. The highest BCUT2D eigenvalue weighted by atomic mass is 16.3. The van der Waals surface area contributed by atoms with Crippen molar-refractivity contribution >= 4 is 0 Å². The van der Waals surface area contributed by atoms with E-state index in [0.717, 1.165) is 25.7 Å². The van der Waals surface area contributed by atoms with Gasteiger partial charge in [0.25, 0.3) is 0 Å². The third-order valence-corrected chi connectivity index (χ3v) is 3.81. The molecule has 0 aromatic rings. The Bertz CT molecular complexity index is 182. The second kappa shape index (κ2) is 8.03. The van der Waals surface area contributed by atoms with Gasteiger partial charge in [-0.3, -0.25) is 0 Å². The van der Waals surface area contributed by atoms with Crippen molar-refractivity contribution in [2.45, 2.75) is 82.1 Å². The van der Waals surface area contributed by atoms with Crippen molar-refractivity contribution in [3.05, 3.63) is 0 Å². The largest absolute Gasteiger partial charge is 0.391 e. The van der Waals surface area contributed by atoms with Gasteiger partial charge in [-0.05, 0) is 12.8 Å². The number of aliphatic hydroxyl groups is 2. The molecule has 0 spiro atoms. The van der Waals surface area contributed by atoms with Gasteiger partial charge < -0.3 is 21.7 Å². The van der Waals surface area contributed by atoms with E-state index in [9.17, 15) is 10.2 Å². The van der Waals surface area contributed by atoms with E-state index in [0.29, 0.717) is 6.42 Å². The topological polar surface area (TPSA) is 92.5 Å². The molecule has 102 valence electrons. The van der Waals surface area contributed by atoms with Crippen LogP contribution in [0.4, 0.5) is 0 Å². The van der Waals surface area contributed by atoms with Crippen LogP contribution in [0.2, 0.25) is 0 Å². The van der Waals surface area contributed by atoms with Gasteiger partial charge in [-0.2, -0.15) is 0 Å². The lowest BCUT2D eigenvalue weighted by atomic mass is 9.94. The highest BCUT2D eigenvalue weighted by molar-refractivity contribution is 4.86. The van der Waals surface area contributed by atoms with Crippen molar-refractivity contribution in [1.29, 1.82) is 0 Å². The normalized spacial score (nSPS) is 38.8. The summed E-state index contributed by atoms with van der Waals surface area (Å²) in [5.41, 5.74) is 11.8. The molecule has 4 heteroatoms.